The number of nitrogens with zero attached hydrogens (tertiary/aromatic N) is 4. The molecule has 4 aromatic rings. The van der Waals surface area contributed by atoms with Crippen molar-refractivity contribution in [3.8, 4) is 11.3 Å². The van der Waals surface area contributed by atoms with Gasteiger partial charge in [-0.05, 0) is 49.7 Å². The summed E-state index contributed by atoms with van der Waals surface area (Å²) in [5.41, 5.74) is 1.24. The van der Waals surface area contributed by atoms with Crippen molar-refractivity contribution >= 4 is 33.8 Å². The van der Waals surface area contributed by atoms with Crippen LogP contribution in [0.2, 0.25) is 0 Å². The summed E-state index contributed by atoms with van der Waals surface area (Å²) in [6.07, 6.45) is -1.68. The van der Waals surface area contributed by atoms with Crippen LogP contribution in [0.15, 0.2) is 64.2 Å². The van der Waals surface area contributed by atoms with E-state index in [9.17, 15) is 26.7 Å². The Balaban J connectivity index is 0.000000243. The van der Waals surface area contributed by atoms with Crippen molar-refractivity contribution in [2.24, 2.45) is 0 Å². The second-order valence-electron chi connectivity index (χ2n) is 8.97. The van der Waals surface area contributed by atoms with E-state index in [1.165, 1.54) is 12.1 Å². The first kappa shape index (κ1) is 28.3. The zero-order valence-electron chi connectivity index (χ0n) is 21.1. The number of Topliss-reactive ketones (excluding diaryl/α,β-unsaturated/α-hetero) is 1. The van der Waals surface area contributed by atoms with Crippen molar-refractivity contribution in [1.29, 1.82) is 0 Å². The summed E-state index contributed by atoms with van der Waals surface area (Å²) in [5.74, 6) is 0.570. The smallest absolute Gasteiger partial charge is 0.433 e. The third-order valence-corrected chi connectivity index (χ3v) is 6.45. The van der Waals surface area contributed by atoms with Gasteiger partial charge in [0, 0.05) is 54.4 Å². The minimum atomic E-state index is -4.49. The van der Waals surface area contributed by atoms with Crippen molar-refractivity contribution in [2.45, 2.75) is 36.6 Å². The lowest BCUT2D eigenvalue weighted by Gasteiger charge is -2.26. The summed E-state index contributed by atoms with van der Waals surface area (Å²) >= 11 is -2.28. The lowest BCUT2D eigenvalue weighted by atomic mass is 9.98. The topological polar surface area (TPSA) is 124 Å². The maximum atomic E-state index is 12.7. The van der Waals surface area contributed by atoms with Crippen LogP contribution in [0.4, 0.5) is 19.1 Å². The van der Waals surface area contributed by atoms with Gasteiger partial charge < -0.3 is 19.2 Å². The standard InChI is InChI=1S/C18H20F3N5O.C8H6O3S/c1-26(2)17-24-12(4-5-15(27)13-7-8-22-13)9-14(25-17)11-3-6-16(23-10-11)18(19,20)21;9-12(10)8-5-6-3-1-2-4-7(6)11-8/h3,6,9-10,13,22H,4-5,7-8H2,1-2H3;1-5H,(H,9,10)/p-1/t13-;/m0./s1. The van der Waals surface area contributed by atoms with E-state index in [0.717, 1.165) is 30.6 Å². The summed E-state index contributed by atoms with van der Waals surface area (Å²) in [7, 11) is 3.55. The van der Waals surface area contributed by atoms with Crippen LogP contribution in [0.1, 0.15) is 24.2 Å². The van der Waals surface area contributed by atoms with E-state index < -0.39 is 23.0 Å². The van der Waals surface area contributed by atoms with Gasteiger partial charge in [0.05, 0.1) is 11.7 Å². The number of hydrogen-bond donors (Lipinski definition) is 1. The van der Waals surface area contributed by atoms with Crippen LogP contribution in [0, 0.1) is 0 Å². The third-order valence-electron chi connectivity index (χ3n) is 5.92. The molecule has 0 radical (unpaired) electrons. The van der Waals surface area contributed by atoms with Crippen LogP contribution >= 0.6 is 0 Å². The number of aryl methyl sites for hydroxylation is 1. The molecule has 0 amide bonds. The minimum Gasteiger partial charge on any atom is -0.766 e. The molecule has 1 aliphatic heterocycles. The molecule has 4 heterocycles. The van der Waals surface area contributed by atoms with Gasteiger partial charge in [-0.25, -0.2) is 9.97 Å². The van der Waals surface area contributed by atoms with E-state index in [1.54, 1.807) is 43.3 Å². The zero-order chi connectivity index (χ0) is 28.2. The van der Waals surface area contributed by atoms with E-state index in [-0.39, 0.29) is 16.9 Å². The Kier molecular flexibility index (Phi) is 8.73. The Hall–Kier alpha value is -3.68. The van der Waals surface area contributed by atoms with Crippen LogP contribution in [0.3, 0.4) is 0 Å². The van der Waals surface area contributed by atoms with Crippen LogP contribution < -0.4 is 10.2 Å². The van der Waals surface area contributed by atoms with E-state index in [1.807, 2.05) is 6.07 Å². The Labute approximate surface area is 224 Å². The number of carbonyl (C=O) groups is 1. The predicted molar refractivity (Wildman–Crippen MR) is 138 cm³/mol. The average molecular weight is 561 g/mol. The molecule has 0 spiro atoms. The van der Waals surface area contributed by atoms with Gasteiger partial charge in [-0.3, -0.25) is 14.0 Å². The number of fused-ring (bicyclic) bond motifs is 1. The lowest BCUT2D eigenvalue weighted by Crippen LogP contribution is -2.48. The Bertz CT molecular complexity index is 1440. The largest absolute Gasteiger partial charge is 0.766 e. The number of anilines is 1. The molecule has 0 saturated carbocycles. The number of halogens is 3. The molecular formula is C26H25F3N5O4S-. The van der Waals surface area contributed by atoms with Gasteiger partial charge in [0.15, 0.2) is 5.09 Å². The first-order valence-corrected chi connectivity index (χ1v) is 13.0. The molecule has 1 N–H and O–H groups in total. The van der Waals surface area contributed by atoms with Crippen LogP contribution in [0.25, 0.3) is 22.2 Å². The average Bonchev–Trinajstić information content (AvgIpc) is 3.31. The number of nitrogens with one attached hydrogen (secondary N) is 1. The van der Waals surface area contributed by atoms with Gasteiger partial charge in [0.2, 0.25) is 5.95 Å². The summed E-state index contributed by atoms with van der Waals surface area (Å²) in [6.45, 7) is 0.861. The molecule has 1 unspecified atom stereocenters. The van der Waals surface area contributed by atoms with E-state index >= 15 is 0 Å². The number of carbonyl (C=O) groups excluding carboxylic acids is 1. The molecule has 0 aliphatic carbocycles. The lowest BCUT2D eigenvalue weighted by molar-refractivity contribution is -0.141. The van der Waals surface area contributed by atoms with Crippen molar-refractivity contribution in [2.75, 3.05) is 25.5 Å². The van der Waals surface area contributed by atoms with Crippen molar-refractivity contribution in [3.63, 3.8) is 0 Å². The number of aromatic nitrogens is 3. The molecule has 1 aliphatic rings. The number of alkyl halides is 3. The van der Waals surface area contributed by atoms with Crippen LogP contribution in [-0.4, -0.2) is 56.2 Å². The van der Waals surface area contributed by atoms with Crippen LogP contribution in [-0.2, 0) is 28.5 Å². The number of para-hydroxylation sites is 1. The summed E-state index contributed by atoms with van der Waals surface area (Å²) in [5, 5.41) is 3.86. The highest BCUT2D eigenvalue weighted by Crippen LogP contribution is 2.29. The van der Waals surface area contributed by atoms with Gasteiger partial charge in [-0.15, -0.1) is 0 Å². The van der Waals surface area contributed by atoms with Crippen molar-refractivity contribution in [3.05, 3.63) is 66.1 Å². The van der Waals surface area contributed by atoms with Crippen molar-refractivity contribution < 1.29 is 31.1 Å². The predicted octanol–water partition coefficient (Wildman–Crippen LogP) is 4.16. The first-order chi connectivity index (χ1) is 18.5. The Morgan fingerprint density at radius 2 is 1.92 bits per heavy atom. The molecule has 39 heavy (non-hydrogen) atoms. The number of hydrogen-bond acceptors (Lipinski definition) is 9. The highest BCUT2D eigenvalue weighted by molar-refractivity contribution is 7.79. The van der Waals surface area contributed by atoms with Crippen LogP contribution in [0.5, 0.6) is 0 Å². The van der Waals surface area contributed by atoms with Gasteiger partial charge in [-0.1, -0.05) is 18.2 Å². The Morgan fingerprint density at radius 3 is 2.49 bits per heavy atom. The molecule has 1 saturated heterocycles. The third kappa shape index (κ3) is 7.25. The molecule has 1 fully saturated rings. The molecule has 13 heteroatoms. The fourth-order valence-corrected chi connectivity index (χ4v) is 4.08. The molecule has 5 rings (SSSR count). The number of pyridine rings is 1. The van der Waals surface area contributed by atoms with E-state index in [2.05, 4.69) is 20.3 Å². The number of ketones is 1. The van der Waals surface area contributed by atoms with Gasteiger partial charge in [-0.2, -0.15) is 13.2 Å². The second kappa shape index (κ2) is 12.0. The van der Waals surface area contributed by atoms with E-state index in [4.69, 9.17) is 4.42 Å². The SMILES string of the molecule is CN(C)c1nc(CCC(=O)[C@@H]2CCN2)cc(-c2ccc(C(F)(F)F)nc2)n1.O=S([O-])c1cc2ccccc2o1. The van der Waals surface area contributed by atoms with Gasteiger partial charge in [0.25, 0.3) is 0 Å². The summed E-state index contributed by atoms with van der Waals surface area (Å²) < 4.78 is 64.1. The molecule has 0 bridgehead atoms. The second-order valence-corrected chi connectivity index (χ2v) is 9.84. The fourth-order valence-electron chi connectivity index (χ4n) is 3.70. The molecule has 9 nitrogen and oxygen atoms in total. The number of rotatable bonds is 7. The zero-order valence-corrected chi connectivity index (χ0v) is 21.9. The normalized spacial score (nSPS) is 15.7. The maximum absolute atomic E-state index is 12.7. The quantitative estimate of drug-likeness (QED) is 0.332. The highest BCUT2D eigenvalue weighted by Gasteiger charge is 2.32. The minimum absolute atomic E-state index is 0.0174. The molecule has 1 aromatic carbocycles. The summed E-state index contributed by atoms with van der Waals surface area (Å²) in [6, 6.07) is 12.5. The van der Waals surface area contributed by atoms with Crippen molar-refractivity contribution in [1.82, 2.24) is 20.3 Å². The molecule has 2 atom stereocenters. The monoisotopic (exact) mass is 560 g/mol. The van der Waals surface area contributed by atoms with Gasteiger partial charge >= 0.3 is 6.18 Å². The summed E-state index contributed by atoms with van der Waals surface area (Å²) in [4.78, 5) is 26.1. The number of furan rings is 1. The maximum Gasteiger partial charge on any atom is 0.433 e. The van der Waals surface area contributed by atoms with E-state index in [0.29, 0.717) is 41.3 Å². The number of benzene rings is 1. The van der Waals surface area contributed by atoms with Gasteiger partial charge in [0.1, 0.15) is 17.1 Å². The Morgan fingerprint density at radius 1 is 1.18 bits per heavy atom. The molecular weight excluding hydrogens is 535 g/mol. The molecule has 206 valence electrons. The highest BCUT2D eigenvalue weighted by atomic mass is 32.2. The fraction of sp³-hybridized carbons (Fsp3) is 0.308. The first-order valence-electron chi connectivity index (χ1n) is 11.9. The molecule has 3 aromatic heterocycles.